The summed E-state index contributed by atoms with van der Waals surface area (Å²) in [5.74, 6) is -2.04. The first-order chi connectivity index (χ1) is 12.9. The summed E-state index contributed by atoms with van der Waals surface area (Å²) in [6, 6.07) is 13.5. The summed E-state index contributed by atoms with van der Waals surface area (Å²) in [5, 5.41) is 13.4. The second-order valence-corrected chi connectivity index (χ2v) is 6.56. The van der Waals surface area contributed by atoms with Gasteiger partial charge in [-0.1, -0.05) is 35.9 Å². The molecule has 2 aromatic rings. The lowest BCUT2D eigenvalue weighted by atomic mass is 10.0. The summed E-state index contributed by atoms with van der Waals surface area (Å²) in [4.78, 5) is 37.1. The van der Waals surface area contributed by atoms with Crippen LogP contribution < -0.4 is 5.32 Å². The van der Waals surface area contributed by atoms with Crippen LogP contribution in [0.15, 0.2) is 54.3 Å². The van der Waals surface area contributed by atoms with Crippen LogP contribution >= 0.6 is 11.6 Å². The maximum atomic E-state index is 12.7. The number of hydrogen-bond donors (Lipinski definition) is 2. The van der Waals surface area contributed by atoms with Gasteiger partial charge in [0, 0.05) is 24.2 Å². The summed E-state index contributed by atoms with van der Waals surface area (Å²) >= 11 is 5.85. The highest BCUT2D eigenvalue weighted by molar-refractivity contribution is 6.35. The standard InChI is InChI=1S/C20H17ClN2O4/c1-12(24)22-16-8-4-14(5-9-16)17-18(25)20(27)23(19(17)26)11-10-13-2-6-15(21)7-3-13/h2-9,25H,10-11H2,1H3,(H,22,24). The molecule has 0 saturated heterocycles. The van der Waals surface area contributed by atoms with Crippen molar-refractivity contribution >= 4 is 40.6 Å². The zero-order valence-electron chi connectivity index (χ0n) is 14.5. The van der Waals surface area contributed by atoms with E-state index in [0.717, 1.165) is 10.5 Å². The number of hydrogen-bond acceptors (Lipinski definition) is 4. The van der Waals surface area contributed by atoms with E-state index >= 15 is 0 Å². The third-order valence-electron chi connectivity index (χ3n) is 4.17. The molecule has 7 heteroatoms. The largest absolute Gasteiger partial charge is 0.502 e. The molecule has 0 aromatic heterocycles. The van der Waals surface area contributed by atoms with Crippen molar-refractivity contribution in [2.45, 2.75) is 13.3 Å². The van der Waals surface area contributed by atoms with Crippen LogP contribution in [0.25, 0.3) is 5.57 Å². The Labute approximate surface area is 161 Å². The van der Waals surface area contributed by atoms with Gasteiger partial charge in [0.2, 0.25) is 5.91 Å². The van der Waals surface area contributed by atoms with Crippen molar-refractivity contribution in [3.8, 4) is 0 Å². The monoisotopic (exact) mass is 384 g/mol. The van der Waals surface area contributed by atoms with Crippen LogP contribution in [-0.4, -0.2) is 34.3 Å². The maximum absolute atomic E-state index is 12.7. The van der Waals surface area contributed by atoms with Gasteiger partial charge in [0.25, 0.3) is 11.8 Å². The summed E-state index contributed by atoms with van der Waals surface area (Å²) in [5.41, 5.74) is 1.86. The van der Waals surface area contributed by atoms with E-state index in [2.05, 4.69) is 5.32 Å². The summed E-state index contributed by atoms with van der Waals surface area (Å²) < 4.78 is 0. The molecule has 0 spiro atoms. The van der Waals surface area contributed by atoms with Crippen LogP contribution in [-0.2, 0) is 20.8 Å². The number of rotatable bonds is 5. The lowest BCUT2D eigenvalue weighted by Gasteiger charge is -2.14. The average Bonchev–Trinajstić information content (AvgIpc) is 2.84. The summed E-state index contributed by atoms with van der Waals surface area (Å²) in [6.45, 7) is 1.54. The molecule has 0 bridgehead atoms. The van der Waals surface area contributed by atoms with Crippen molar-refractivity contribution in [3.05, 3.63) is 70.4 Å². The van der Waals surface area contributed by atoms with Gasteiger partial charge in [0.1, 0.15) is 0 Å². The van der Waals surface area contributed by atoms with E-state index in [0.29, 0.717) is 22.7 Å². The van der Waals surface area contributed by atoms with Gasteiger partial charge in [-0.05, 0) is 41.8 Å². The molecule has 138 valence electrons. The van der Waals surface area contributed by atoms with Crippen molar-refractivity contribution in [3.63, 3.8) is 0 Å². The van der Waals surface area contributed by atoms with Crippen LogP contribution in [0, 0.1) is 0 Å². The number of halogens is 1. The van der Waals surface area contributed by atoms with Gasteiger partial charge in [-0.3, -0.25) is 19.3 Å². The number of carbonyl (C=O) groups excluding carboxylic acids is 3. The third-order valence-corrected chi connectivity index (χ3v) is 4.43. The fourth-order valence-corrected chi connectivity index (χ4v) is 2.97. The first kappa shape index (κ1) is 18.7. The highest BCUT2D eigenvalue weighted by atomic mass is 35.5. The molecule has 0 saturated carbocycles. The van der Waals surface area contributed by atoms with Gasteiger partial charge in [-0.25, -0.2) is 0 Å². The fourth-order valence-electron chi connectivity index (χ4n) is 2.84. The maximum Gasteiger partial charge on any atom is 0.296 e. The molecular weight excluding hydrogens is 368 g/mol. The van der Waals surface area contributed by atoms with Crippen LogP contribution in [0.2, 0.25) is 5.02 Å². The minimum Gasteiger partial charge on any atom is -0.502 e. The number of benzene rings is 2. The van der Waals surface area contributed by atoms with Crippen LogP contribution in [0.4, 0.5) is 5.69 Å². The first-order valence-electron chi connectivity index (χ1n) is 8.28. The van der Waals surface area contributed by atoms with E-state index in [4.69, 9.17) is 11.6 Å². The fraction of sp³-hybridized carbons (Fsp3) is 0.150. The van der Waals surface area contributed by atoms with E-state index in [1.807, 2.05) is 12.1 Å². The smallest absolute Gasteiger partial charge is 0.296 e. The van der Waals surface area contributed by atoms with E-state index in [-0.39, 0.29) is 18.0 Å². The molecule has 1 heterocycles. The Bertz CT molecular complexity index is 933. The average molecular weight is 385 g/mol. The topological polar surface area (TPSA) is 86.7 Å². The van der Waals surface area contributed by atoms with Crippen LogP contribution in [0.3, 0.4) is 0 Å². The molecule has 0 radical (unpaired) electrons. The van der Waals surface area contributed by atoms with Crippen molar-refractivity contribution in [2.75, 3.05) is 11.9 Å². The Kier molecular flexibility index (Phi) is 5.28. The van der Waals surface area contributed by atoms with Crippen LogP contribution in [0.1, 0.15) is 18.1 Å². The van der Waals surface area contributed by atoms with E-state index in [1.54, 1.807) is 36.4 Å². The lowest BCUT2D eigenvalue weighted by Crippen LogP contribution is -2.33. The van der Waals surface area contributed by atoms with E-state index in [9.17, 15) is 19.5 Å². The molecule has 2 aromatic carbocycles. The predicted molar refractivity (Wildman–Crippen MR) is 102 cm³/mol. The van der Waals surface area contributed by atoms with E-state index < -0.39 is 17.6 Å². The summed E-state index contributed by atoms with van der Waals surface area (Å²) in [6.07, 6.45) is 0.455. The van der Waals surface area contributed by atoms with Crippen molar-refractivity contribution < 1.29 is 19.5 Å². The van der Waals surface area contributed by atoms with Crippen molar-refractivity contribution in [1.82, 2.24) is 4.90 Å². The predicted octanol–water partition coefficient (Wildman–Crippen LogP) is 3.18. The molecule has 0 unspecified atom stereocenters. The molecule has 0 fully saturated rings. The number of amides is 3. The number of aliphatic hydroxyl groups is 1. The minimum atomic E-state index is -0.713. The van der Waals surface area contributed by atoms with E-state index in [1.165, 1.54) is 6.92 Å². The van der Waals surface area contributed by atoms with Gasteiger partial charge in [0.05, 0.1) is 5.57 Å². The van der Waals surface area contributed by atoms with Gasteiger partial charge in [-0.15, -0.1) is 0 Å². The zero-order valence-corrected chi connectivity index (χ0v) is 15.3. The molecule has 6 nitrogen and oxygen atoms in total. The first-order valence-corrected chi connectivity index (χ1v) is 8.66. The Balaban J connectivity index is 1.75. The Morgan fingerprint density at radius 2 is 1.67 bits per heavy atom. The minimum absolute atomic E-state index is 0.0366. The molecular formula is C20H17ClN2O4. The Hall–Kier alpha value is -3.12. The number of carbonyl (C=O) groups is 3. The molecule has 3 amide bonds. The highest BCUT2D eigenvalue weighted by Gasteiger charge is 2.38. The van der Waals surface area contributed by atoms with Gasteiger partial charge < -0.3 is 10.4 Å². The second kappa shape index (κ2) is 7.63. The molecule has 3 rings (SSSR count). The molecule has 1 aliphatic rings. The number of nitrogens with one attached hydrogen (secondary N) is 1. The highest BCUT2D eigenvalue weighted by Crippen LogP contribution is 2.29. The summed E-state index contributed by atoms with van der Waals surface area (Å²) in [7, 11) is 0. The van der Waals surface area contributed by atoms with Crippen LogP contribution in [0.5, 0.6) is 0 Å². The molecule has 2 N–H and O–H groups in total. The normalized spacial score (nSPS) is 14.1. The van der Waals surface area contributed by atoms with Gasteiger partial charge >= 0.3 is 0 Å². The van der Waals surface area contributed by atoms with Gasteiger partial charge in [-0.2, -0.15) is 0 Å². The number of anilines is 1. The third kappa shape index (κ3) is 4.01. The Morgan fingerprint density at radius 1 is 1.04 bits per heavy atom. The lowest BCUT2D eigenvalue weighted by molar-refractivity contribution is -0.138. The van der Waals surface area contributed by atoms with Crippen molar-refractivity contribution in [1.29, 1.82) is 0 Å². The quantitative estimate of drug-likeness (QED) is 0.775. The molecule has 1 aliphatic heterocycles. The molecule has 27 heavy (non-hydrogen) atoms. The number of nitrogens with zero attached hydrogens (tertiary/aromatic N) is 1. The van der Waals surface area contributed by atoms with Gasteiger partial charge in [0.15, 0.2) is 5.76 Å². The Morgan fingerprint density at radius 3 is 2.26 bits per heavy atom. The second-order valence-electron chi connectivity index (χ2n) is 6.12. The number of imide groups is 1. The molecule has 0 atom stereocenters. The van der Waals surface area contributed by atoms with Crippen molar-refractivity contribution in [2.24, 2.45) is 0 Å². The molecule has 0 aliphatic carbocycles. The number of aliphatic hydroxyl groups excluding tert-OH is 1. The zero-order chi connectivity index (χ0) is 19.6. The SMILES string of the molecule is CC(=O)Nc1ccc(C2=C(O)C(=O)N(CCc3ccc(Cl)cc3)C2=O)cc1.